The van der Waals surface area contributed by atoms with Crippen molar-refractivity contribution in [3.8, 4) is 0 Å². The fourth-order valence-corrected chi connectivity index (χ4v) is 2.48. The highest BCUT2D eigenvalue weighted by Crippen LogP contribution is 2.20. The Morgan fingerprint density at radius 2 is 2.21 bits per heavy atom. The van der Waals surface area contributed by atoms with Gasteiger partial charge in [-0.1, -0.05) is 6.92 Å². The smallest absolute Gasteiger partial charge is 0.270 e. The van der Waals surface area contributed by atoms with Crippen LogP contribution in [0.1, 0.15) is 30.3 Å². The van der Waals surface area contributed by atoms with E-state index in [0.717, 1.165) is 13.0 Å². The molecular formula is C13H20N4O2. The summed E-state index contributed by atoms with van der Waals surface area (Å²) in [6.07, 6.45) is 3.35. The molecule has 1 saturated heterocycles. The summed E-state index contributed by atoms with van der Waals surface area (Å²) in [5.41, 5.74) is 12.2. The van der Waals surface area contributed by atoms with E-state index in [9.17, 15) is 9.59 Å². The average molecular weight is 264 g/mol. The van der Waals surface area contributed by atoms with Gasteiger partial charge in [0.25, 0.3) is 5.91 Å². The highest BCUT2D eigenvalue weighted by atomic mass is 16.2. The van der Waals surface area contributed by atoms with Crippen molar-refractivity contribution in [3.63, 3.8) is 0 Å². The first-order valence-electron chi connectivity index (χ1n) is 6.57. The van der Waals surface area contributed by atoms with Gasteiger partial charge < -0.3 is 20.9 Å². The number of rotatable bonds is 4. The van der Waals surface area contributed by atoms with Crippen molar-refractivity contribution < 1.29 is 9.59 Å². The second kappa shape index (κ2) is 5.34. The molecule has 6 heteroatoms. The third kappa shape index (κ3) is 2.72. The summed E-state index contributed by atoms with van der Waals surface area (Å²) in [6.45, 7) is 3.78. The number of aryl methyl sites for hydroxylation is 1. The van der Waals surface area contributed by atoms with Gasteiger partial charge in [-0.15, -0.1) is 0 Å². The number of anilines is 1. The lowest BCUT2D eigenvalue weighted by molar-refractivity contribution is -0.121. The zero-order chi connectivity index (χ0) is 14.0. The molecule has 0 aromatic carbocycles. The molecule has 1 aromatic rings. The van der Waals surface area contributed by atoms with Crippen LogP contribution in [-0.4, -0.2) is 34.4 Å². The number of nitrogens with zero attached hydrogens (tertiary/aromatic N) is 2. The summed E-state index contributed by atoms with van der Waals surface area (Å²) in [7, 11) is 0. The zero-order valence-corrected chi connectivity index (χ0v) is 11.1. The molecule has 0 bridgehead atoms. The largest absolute Gasteiger partial charge is 0.397 e. The Morgan fingerprint density at radius 3 is 2.79 bits per heavy atom. The van der Waals surface area contributed by atoms with Crippen LogP contribution in [0.5, 0.6) is 0 Å². The van der Waals surface area contributed by atoms with E-state index in [1.54, 1.807) is 17.2 Å². The maximum absolute atomic E-state index is 12.4. The van der Waals surface area contributed by atoms with Crippen LogP contribution in [0.4, 0.5) is 5.69 Å². The van der Waals surface area contributed by atoms with Crippen molar-refractivity contribution in [1.82, 2.24) is 9.47 Å². The zero-order valence-electron chi connectivity index (χ0n) is 11.1. The molecule has 1 aliphatic heterocycles. The molecule has 0 spiro atoms. The Labute approximate surface area is 112 Å². The van der Waals surface area contributed by atoms with Crippen molar-refractivity contribution in [3.05, 3.63) is 18.0 Å². The quantitative estimate of drug-likeness (QED) is 0.825. The lowest BCUT2D eigenvalue weighted by atomic mass is 10.1. The van der Waals surface area contributed by atoms with Crippen LogP contribution in [-0.2, 0) is 11.3 Å². The number of aromatic nitrogens is 1. The minimum atomic E-state index is -0.334. The maximum Gasteiger partial charge on any atom is 0.270 e. The lowest BCUT2D eigenvalue weighted by Crippen LogP contribution is -2.32. The summed E-state index contributed by atoms with van der Waals surface area (Å²) in [6, 6.07) is 1.69. The number of nitrogens with two attached hydrogens (primary N) is 2. The average Bonchev–Trinajstić information content (AvgIpc) is 2.95. The first-order chi connectivity index (χ1) is 9.02. The monoisotopic (exact) mass is 264 g/mol. The van der Waals surface area contributed by atoms with Crippen molar-refractivity contribution >= 4 is 17.5 Å². The topological polar surface area (TPSA) is 94.3 Å². The fraction of sp³-hybridized carbons (Fsp3) is 0.538. The van der Waals surface area contributed by atoms with Gasteiger partial charge in [0, 0.05) is 25.8 Å². The molecule has 1 aromatic heterocycles. The van der Waals surface area contributed by atoms with Gasteiger partial charge in [0.1, 0.15) is 5.69 Å². The molecule has 6 nitrogen and oxygen atoms in total. The van der Waals surface area contributed by atoms with Crippen LogP contribution < -0.4 is 11.5 Å². The number of carbonyl (C=O) groups excluding carboxylic acids is 2. The Bertz CT molecular complexity index is 495. The van der Waals surface area contributed by atoms with Gasteiger partial charge in [0.05, 0.1) is 11.6 Å². The molecule has 1 unspecified atom stereocenters. The summed E-state index contributed by atoms with van der Waals surface area (Å²) < 4.78 is 1.87. The summed E-state index contributed by atoms with van der Waals surface area (Å²) in [4.78, 5) is 25.2. The summed E-state index contributed by atoms with van der Waals surface area (Å²) in [5, 5.41) is 0. The van der Waals surface area contributed by atoms with Crippen molar-refractivity contribution in [2.24, 2.45) is 11.7 Å². The van der Waals surface area contributed by atoms with Crippen LogP contribution in [0.3, 0.4) is 0 Å². The number of hydrogen-bond acceptors (Lipinski definition) is 3. The number of likely N-dealkylation sites (tertiary alicyclic amines) is 1. The van der Waals surface area contributed by atoms with Crippen molar-refractivity contribution in [1.29, 1.82) is 0 Å². The third-order valence-corrected chi connectivity index (χ3v) is 3.48. The van der Waals surface area contributed by atoms with Gasteiger partial charge in [0.2, 0.25) is 5.91 Å². The molecule has 2 heterocycles. The first-order valence-corrected chi connectivity index (χ1v) is 6.57. The highest BCUT2D eigenvalue weighted by Gasteiger charge is 2.31. The summed E-state index contributed by atoms with van der Waals surface area (Å²) >= 11 is 0. The van der Waals surface area contributed by atoms with E-state index in [0.29, 0.717) is 30.9 Å². The van der Waals surface area contributed by atoms with E-state index in [1.165, 1.54) is 0 Å². The second-order valence-electron chi connectivity index (χ2n) is 4.99. The maximum atomic E-state index is 12.4. The lowest BCUT2D eigenvalue weighted by Gasteiger charge is -2.17. The third-order valence-electron chi connectivity index (χ3n) is 3.48. The van der Waals surface area contributed by atoms with E-state index in [4.69, 9.17) is 11.5 Å². The number of carbonyl (C=O) groups is 2. The van der Waals surface area contributed by atoms with E-state index in [-0.39, 0.29) is 17.7 Å². The molecular weight excluding hydrogens is 244 g/mol. The van der Waals surface area contributed by atoms with Gasteiger partial charge in [-0.3, -0.25) is 9.59 Å². The van der Waals surface area contributed by atoms with Crippen LogP contribution in [0.25, 0.3) is 0 Å². The minimum Gasteiger partial charge on any atom is -0.397 e. The fourth-order valence-electron chi connectivity index (χ4n) is 2.48. The molecule has 0 radical (unpaired) electrons. The summed E-state index contributed by atoms with van der Waals surface area (Å²) in [5.74, 6) is -0.636. The molecule has 1 fully saturated rings. The molecule has 104 valence electrons. The number of amides is 2. The van der Waals surface area contributed by atoms with Crippen LogP contribution in [0.2, 0.25) is 0 Å². The van der Waals surface area contributed by atoms with Gasteiger partial charge in [-0.2, -0.15) is 0 Å². The molecule has 19 heavy (non-hydrogen) atoms. The predicted molar refractivity (Wildman–Crippen MR) is 72.3 cm³/mol. The minimum absolute atomic E-state index is 0.0751. The normalized spacial score (nSPS) is 18.8. The SMILES string of the molecule is CCCn1cc(N)cc1C(=O)N1CCC(C(N)=O)C1. The van der Waals surface area contributed by atoms with Crippen molar-refractivity contribution in [2.75, 3.05) is 18.8 Å². The molecule has 1 aliphatic rings. The Balaban J connectivity index is 2.14. The Hall–Kier alpha value is -1.98. The van der Waals surface area contributed by atoms with Gasteiger partial charge in [0.15, 0.2) is 0 Å². The molecule has 1 atom stereocenters. The number of hydrogen-bond donors (Lipinski definition) is 2. The molecule has 0 saturated carbocycles. The predicted octanol–water partition coefficient (Wildman–Crippen LogP) is 0.428. The molecule has 2 rings (SSSR count). The number of primary amides is 1. The first kappa shape index (κ1) is 13.5. The van der Waals surface area contributed by atoms with Crippen LogP contribution >= 0.6 is 0 Å². The molecule has 2 amide bonds. The van der Waals surface area contributed by atoms with E-state index < -0.39 is 0 Å². The highest BCUT2D eigenvalue weighted by molar-refractivity contribution is 5.94. The Morgan fingerprint density at radius 1 is 1.47 bits per heavy atom. The van der Waals surface area contributed by atoms with Gasteiger partial charge in [-0.25, -0.2) is 0 Å². The number of nitrogen functional groups attached to an aromatic ring is 1. The second-order valence-corrected chi connectivity index (χ2v) is 4.99. The van der Waals surface area contributed by atoms with E-state index in [1.807, 2.05) is 11.5 Å². The van der Waals surface area contributed by atoms with E-state index >= 15 is 0 Å². The van der Waals surface area contributed by atoms with Gasteiger partial charge in [-0.05, 0) is 18.9 Å². The van der Waals surface area contributed by atoms with Crippen LogP contribution in [0.15, 0.2) is 12.3 Å². The van der Waals surface area contributed by atoms with Crippen LogP contribution in [0, 0.1) is 5.92 Å². The van der Waals surface area contributed by atoms with Gasteiger partial charge >= 0.3 is 0 Å². The van der Waals surface area contributed by atoms with Crippen molar-refractivity contribution in [2.45, 2.75) is 26.3 Å². The molecule has 4 N–H and O–H groups in total. The Kier molecular flexibility index (Phi) is 3.78. The standard InChI is InChI=1S/C13H20N4O2/c1-2-4-16-8-10(14)6-11(16)13(19)17-5-3-9(7-17)12(15)18/h6,8-9H,2-5,7,14H2,1H3,(H2,15,18). The molecule has 0 aliphatic carbocycles. The van der Waals surface area contributed by atoms with E-state index in [2.05, 4.69) is 0 Å².